The first-order chi connectivity index (χ1) is 7.83. The van der Waals surface area contributed by atoms with Crippen molar-refractivity contribution in [3.05, 3.63) is 42.4 Å². The molecule has 1 unspecified atom stereocenters. The van der Waals surface area contributed by atoms with Crippen LogP contribution in [0.2, 0.25) is 0 Å². The molecule has 16 heavy (non-hydrogen) atoms. The fraction of sp³-hybridized carbons (Fsp3) is 0.308. The molecule has 3 nitrogen and oxygen atoms in total. The number of rotatable bonds is 2. The van der Waals surface area contributed by atoms with E-state index in [4.69, 9.17) is 0 Å². The molecule has 3 rings (SSSR count). The molecule has 1 aromatic carbocycles. The molecule has 0 spiro atoms. The average molecular weight is 214 g/mol. The second-order valence-electron chi connectivity index (χ2n) is 4.19. The van der Waals surface area contributed by atoms with Crippen molar-refractivity contribution in [3.8, 4) is 11.3 Å². The average Bonchev–Trinajstić information content (AvgIpc) is 2.87. The minimum absolute atomic E-state index is 0.0266. The largest absolute Gasteiger partial charge is 0.391 e. The lowest BCUT2D eigenvalue weighted by Crippen LogP contribution is -2.21. The number of fused-ring (bicyclic) bond motifs is 3. The second kappa shape index (κ2) is 3.46. The summed E-state index contributed by atoms with van der Waals surface area (Å²) >= 11 is 0. The van der Waals surface area contributed by atoms with Gasteiger partial charge in [0.2, 0.25) is 0 Å². The van der Waals surface area contributed by atoms with Gasteiger partial charge in [0.05, 0.1) is 30.4 Å². The molecule has 2 heterocycles. The first-order valence-electron chi connectivity index (χ1n) is 5.62. The normalized spacial score (nSPS) is 19.2. The lowest BCUT2D eigenvalue weighted by Gasteiger charge is -2.19. The molecular weight excluding hydrogens is 200 g/mol. The summed E-state index contributed by atoms with van der Waals surface area (Å²) in [7, 11) is 0. The smallest absolute Gasteiger partial charge is 0.0957 e. The van der Waals surface area contributed by atoms with E-state index in [1.54, 1.807) is 6.33 Å². The Morgan fingerprint density at radius 2 is 2.25 bits per heavy atom. The SMILES string of the molecule is CCC(O)[C@@H]1c2ccccc2-c2cncn21. The number of aromatic nitrogens is 2. The number of benzene rings is 1. The maximum absolute atomic E-state index is 10.1. The van der Waals surface area contributed by atoms with Crippen LogP contribution in [-0.2, 0) is 0 Å². The zero-order chi connectivity index (χ0) is 11.1. The predicted octanol–water partition coefficient (Wildman–Crippen LogP) is 2.22. The summed E-state index contributed by atoms with van der Waals surface area (Å²) in [4.78, 5) is 4.16. The molecule has 82 valence electrons. The molecule has 0 amide bonds. The first kappa shape index (κ1) is 9.60. The maximum atomic E-state index is 10.1. The van der Waals surface area contributed by atoms with Gasteiger partial charge in [-0.05, 0) is 12.0 Å². The van der Waals surface area contributed by atoms with Gasteiger partial charge in [0.25, 0.3) is 0 Å². The van der Waals surface area contributed by atoms with E-state index in [9.17, 15) is 5.11 Å². The molecule has 0 radical (unpaired) electrons. The van der Waals surface area contributed by atoms with Crippen molar-refractivity contribution in [2.24, 2.45) is 0 Å². The van der Waals surface area contributed by atoms with E-state index in [1.807, 2.05) is 25.3 Å². The fourth-order valence-corrected chi connectivity index (χ4v) is 2.49. The van der Waals surface area contributed by atoms with Gasteiger partial charge in [0.1, 0.15) is 0 Å². The van der Waals surface area contributed by atoms with E-state index in [1.165, 1.54) is 11.1 Å². The van der Waals surface area contributed by atoms with E-state index in [0.717, 1.165) is 12.1 Å². The summed E-state index contributed by atoms with van der Waals surface area (Å²) in [5.41, 5.74) is 3.50. The van der Waals surface area contributed by atoms with Gasteiger partial charge in [-0.3, -0.25) is 0 Å². The third-order valence-electron chi connectivity index (χ3n) is 3.30. The van der Waals surface area contributed by atoms with Crippen molar-refractivity contribution in [2.45, 2.75) is 25.5 Å². The van der Waals surface area contributed by atoms with Crippen LogP contribution in [0.3, 0.4) is 0 Å². The van der Waals surface area contributed by atoms with Crippen LogP contribution in [0.4, 0.5) is 0 Å². The van der Waals surface area contributed by atoms with Crippen LogP contribution >= 0.6 is 0 Å². The number of hydrogen-bond acceptors (Lipinski definition) is 2. The number of aliphatic hydroxyl groups excluding tert-OH is 1. The minimum atomic E-state index is -0.350. The molecule has 1 aliphatic heterocycles. The summed E-state index contributed by atoms with van der Waals surface area (Å²) in [6.07, 6.45) is 4.06. The molecule has 2 aromatic rings. The van der Waals surface area contributed by atoms with Crippen LogP contribution in [-0.4, -0.2) is 20.8 Å². The van der Waals surface area contributed by atoms with Crippen LogP contribution in [0.25, 0.3) is 11.3 Å². The van der Waals surface area contributed by atoms with Crippen molar-refractivity contribution in [2.75, 3.05) is 0 Å². The summed E-state index contributed by atoms with van der Waals surface area (Å²) in [6, 6.07) is 8.25. The minimum Gasteiger partial charge on any atom is -0.391 e. The van der Waals surface area contributed by atoms with Gasteiger partial charge in [0, 0.05) is 5.56 Å². The van der Waals surface area contributed by atoms with Gasteiger partial charge in [0.15, 0.2) is 0 Å². The second-order valence-corrected chi connectivity index (χ2v) is 4.19. The Bertz CT molecular complexity index is 518. The maximum Gasteiger partial charge on any atom is 0.0957 e. The highest BCUT2D eigenvalue weighted by atomic mass is 16.3. The van der Waals surface area contributed by atoms with Gasteiger partial charge < -0.3 is 9.67 Å². The molecule has 1 aromatic heterocycles. The first-order valence-corrected chi connectivity index (χ1v) is 5.62. The van der Waals surface area contributed by atoms with Crippen molar-refractivity contribution in [1.29, 1.82) is 0 Å². The molecule has 0 saturated carbocycles. The molecule has 0 bridgehead atoms. The molecule has 0 saturated heterocycles. The highest BCUT2D eigenvalue weighted by Gasteiger charge is 2.32. The van der Waals surface area contributed by atoms with Crippen LogP contribution in [0.5, 0.6) is 0 Å². The summed E-state index contributed by atoms with van der Waals surface area (Å²) < 4.78 is 2.07. The highest BCUT2D eigenvalue weighted by molar-refractivity contribution is 5.69. The van der Waals surface area contributed by atoms with E-state index in [-0.39, 0.29) is 12.1 Å². The molecule has 2 atom stereocenters. The molecule has 0 fully saturated rings. The van der Waals surface area contributed by atoms with E-state index in [0.29, 0.717) is 0 Å². The molecule has 3 heteroatoms. The molecular formula is C13H14N2O. The van der Waals surface area contributed by atoms with Gasteiger partial charge in [-0.15, -0.1) is 0 Å². The summed E-state index contributed by atoms with van der Waals surface area (Å²) in [6.45, 7) is 2.00. The number of hydrogen-bond donors (Lipinski definition) is 1. The Kier molecular flexibility index (Phi) is 2.07. The Hall–Kier alpha value is -1.61. The Morgan fingerprint density at radius 1 is 1.44 bits per heavy atom. The van der Waals surface area contributed by atoms with Crippen molar-refractivity contribution >= 4 is 0 Å². The summed E-state index contributed by atoms with van der Waals surface area (Å²) in [5, 5.41) is 10.1. The van der Waals surface area contributed by atoms with Crippen LogP contribution in [0.1, 0.15) is 24.9 Å². The Labute approximate surface area is 94.4 Å². The Morgan fingerprint density at radius 3 is 3.06 bits per heavy atom. The zero-order valence-corrected chi connectivity index (χ0v) is 9.17. The van der Waals surface area contributed by atoms with Gasteiger partial charge in [-0.2, -0.15) is 0 Å². The predicted molar refractivity (Wildman–Crippen MR) is 62.1 cm³/mol. The quantitative estimate of drug-likeness (QED) is 0.832. The van der Waals surface area contributed by atoms with Gasteiger partial charge in [-0.1, -0.05) is 31.2 Å². The van der Waals surface area contributed by atoms with E-state index in [2.05, 4.69) is 21.7 Å². The molecule has 1 N–H and O–H groups in total. The third-order valence-corrected chi connectivity index (χ3v) is 3.30. The standard InChI is InChI=1S/C13H14N2O/c1-2-12(16)13-10-6-4-3-5-9(10)11-7-14-8-15(11)13/h3-8,12-13,16H,2H2,1H3/t12?,13-/m0/s1. The lowest BCUT2D eigenvalue weighted by molar-refractivity contribution is 0.129. The Balaban J connectivity index is 2.21. The van der Waals surface area contributed by atoms with E-state index < -0.39 is 0 Å². The van der Waals surface area contributed by atoms with Crippen LogP contribution < -0.4 is 0 Å². The zero-order valence-electron chi connectivity index (χ0n) is 9.17. The molecule has 1 aliphatic rings. The highest BCUT2D eigenvalue weighted by Crippen LogP contribution is 2.40. The van der Waals surface area contributed by atoms with Crippen LogP contribution in [0.15, 0.2) is 36.8 Å². The molecule has 0 aliphatic carbocycles. The third kappa shape index (κ3) is 1.15. The lowest BCUT2D eigenvalue weighted by atomic mass is 9.98. The van der Waals surface area contributed by atoms with Gasteiger partial charge in [-0.25, -0.2) is 4.98 Å². The number of nitrogens with zero attached hydrogens (tertiary/aromatic N) is 2. The summed E-state index contributed by atoms with van der Waals surface area (Å²) in [5.74, 6) is 0. The number of imidazole rings is 1. The topological polar surface area (TPSA) is 38.1 Å². The van der Waals surface area contributed by atoms with Crippen molar-refractivity contribution in [3.63, 3.8) is 0 Å². The van der Waals surface area contributed by atoms with Crippen molar-refractivity contribution in [1.82, 2.24) is 9.55 Å². The van der Waals surface area contributed by atoms with Crippen molar-refractivity contribution < 1.29 is 5.11 Å². The monoisotopic (exact) mass is 214 g/mol. The van der Waals surface area contributed by atoms with Gasteiger partial charge >= 0.3 is 0 Å². The van der Waals surface area contributed by atoms with E-state index >= 15 is 0 Å². The number of aliphatic hydroxyl groups is 1. The van der Waals surface area contributed by atoms with Crippen LogP contribution in [0, 0.1) is 0 Å². The fourth-order valence-electron chi connectivity index (χ4n) is 2.49.